The first-order valence-corrected chi connectivity index (χ1v) is 16.5. The largest absolute Gasteiger partial charge is 0.354 e. The minimum atomic E-state index is -4.17. The maximum Gasteiger partial charge on any atom is 0.264 e. The summed E-state index contributed by atoms with van der Waals surface area (Å²) in [5.41, 5.74) is 2.78. The first kappa shape index (κ1) is 33.4. The second-order valence-corrected chi connectivity index (χ2v) is 13.2. The van der Waals surface area contributed by atoms with Crippen molar-refractivity contribution >= 4 is 27.5 Å². The number of carbonyl (C=O) groups excluding carboxylic acids is 2. The van der Waals surface area contributed by atoms with Crippen LogP contribution in [0.25, 0.3) is 0 Å². The van der Waals surface area contributed by atoms with Crippen molar-refractivity contribution in [2.24, 2.45) is 5.92 Å². The fraction of sp³-hybridized carbons (Fsp3) is 0.278. The number of anilines is 1. The van der Waals surface area contributed by atoms with Crippen LogP contribution in [0.5, 0.6) is 0 Å². The normalized spacial score (nSPS) is 12.0. The molecule has 236 valence electrons. The average molecular weight is 630 g/mol. The molecule has 4 aromatic carbocycles. The van der Waals surface area contributed by atoms with Crippen molar-refractivity contribution in [1.82, 2.24) is 10.2 Å². The lowest BCUT2D eigenvalue weighted by molar-refractivity contribution is -0.140. The molecule has 0 heterocycles. The summed E-state index contributed by atoms with van der Waals surface area (Å²) < 4.78 is 43.0. The Morgan fingerprint density at radius 1 is 0.778 bits per heavy atom. The van der Waals surface area contributed by atoms with Gasteiger partial charge in [-0.3, -0.25) is 13.9 Å². The van der Waals surface area contributed by atoms with Crippen molar-refractivity contribution in [3.05, 3.63) is 132 Å². The van der Waals surface area contributed by atoms with E-state index in [2.05, 4.69) is 5.32 Å². The smallest absolute Gasteiger partial charge is 0.264 e. The number of carbonyl (C=O) groups is 2. The van der Waals surface area contributed by atoms with Crippen molar-refractivity contribution in [3.8, 4) is 0 Å². The standard InChI is InChI=1S/C36H40FN3O4S/c1-4-28-17-21-32(22-18-28)40(45(43,44)33-13-9-6-10-14-33)26-35(41)39(25-30-15-19-31(37)20-16-30)34(36(42)38-24-27(2)3)23-29-11-7-5-8-12-29/h5-22,27,34H,4,23-26H2,1-3H3,(H,38,42)/t34-/m0/s1. The third-order valence-electron chi connectivity index (χ3n) is 7.46. The summed E-state index contributed by atoms with van der Waals surface area (Å²) in [7, 11) is -4.17. The molecule has 0 bridgehead atoms. The Morgan fingerprint density at radius 2 is 1.36 bits per heavy atom. The van der Waals surface area contributed by atoms with E-state index in [-0.39, 0.29) is 29.7 Å². The summed E-state index contributed by atoms with van der Waals surface area (Å²) in [5, 5.41) is 2.96. The lowest BCUT2D eigenvalue weighted by Crippen LogP contribution is -2.53. The van der Waals surface area contributed by atoms with Crippen LogP contribution in [0.1, 0.15) is 37.5 Å². The van der Waals surface area contributed by atoms with Gasteiger partial charge in [0.1, 0.15) is 18.4 Å². The molecule has 0 fully saturated rings. The molecule has 0 aliphatic rings. The number of rotatable bonds is 14. The molecule has 45 heavy (non-hydrogen) atoms. The van der Waals surface area contributed by atoms with E-state index in [0.29, 0.717) is 17.8 Å². The molecular weight excluding hydrogens is 589 g/mol. The highest BCUT2D eigenvalue weighted by molar-refractivity contribution is 7.92. The molecule has 4 aromatic rings. The summed E-state index contributed by atoms with van der Waals surface area (Å²) >= 11 is 0. The van der Waals surface area contributed by atoms with Crippen LogP contribution in [0, 0.1) is 11.7 Å². The molecule has 1 N–H and O–H groups in total. The quantitative estimate of drug-likeness (QED) is 0.186. The van der Waals surface area contributed by atoms with Gasteiger partial charge < -0.3 is 10.2 Å². The van der Waals surface area contributed by atoms with Crippen LogP contribution in [0.3, 0.4) is 0 Å². The summed E-state index contributed by atoms with van der Waals surface area (Å²) in [4.78, 5) is 29.7. The number of benzene rings is 4. The molecule has 0 saturated heterocycles. The number of nitrogens with zero attached hydrogens (tertiary/aromatic N) is 2. The van der Waals surface area contributed by atoms with E-state index in [4.69, 9.17) is 0 Å². The minimum absolute atomic E-state index is 0.0281. The zero-order valence-electron chi connectivity index (χ0n) is 25.9. The van der Waals surface area contributed by atoms with Crippen LogP contribution >= 0.6 is 0 Å². The van der Waals surface area contributed by atoms with Crippen LogP contribution in [0.2, 0.25) is 0 Å². The molecule has 1 atom stereocenters. The molecule has 9 heteroatoms. The van der Waals surface area contributed by atoms with Crippen molar-refractivity contribution in [2.45, 2.75) is 51.1 Å². The SMILES string of the molecule is CCc1ccc(N(CC(=O)N(Cc2ccc(F)cc2)[C@@H](Cc2ccccc2)C(=O)NCC(C)C)S(=O)(=O)c2ccccc2)cc1. The van der Waals surface area contributed by atoms with Gasteiger partial charge in [0.05, 0.1) is 10.6 Å². The van der Waals surface area contributed by atoms with E-state index in [9.17, 15) is 22.4 Å². The molecule has 0 aliphatic heterocycles. The highest BCUT2D eigenvalue weighted by Gasteiger charge is 2.34. The van der Waals surface area contributed by atoms with Crippen molar-refractivity contribution in [3.63, 3.8) is 0 Å². The summed E-state index contributed by atoms with van der Waals surface area (Å²) in [6, 6.07) is 29.1. The maximum atomic E-state index is 14.4. The number of aryl methyl sites for hydroxylation is 1. The molecule has 0 saturated carbocycles. The van der Waals surface area contributed by atoms with Gasteiger partial charge in [-0.1, -0.05) is 93.6 Å². The molecule has 4 rings (SSSR count). The maximum absolute atomic E-state index is 14.4. The summed E-state index contributed by atoms with van der Waals surface area (Å²) in [6.07, 6.45) is 0.969. The molecule has 0 unspecified atom stereocenters. The third-order valence-corrected chi connectivity index (χ3v) is 9.25. The molecule has 0 radical (unpaired) electrons. The highest BCUT2D eigenvalue weighted by atomic mass is 32.2. The zero-order valence-corrected chi connectivity index (χ0v) is 26.7. The lowest BCUT2D eigenvalue weighted by atomic mass is 10.0. The monoisotopic (exact) mass is 629 g/mol. The molecule has 0 spiro atoms. The molecule has 0 aromatic heterocycles. The van der Waals surface area contributed by atoms with Gasteiger partial charge in [0, 0.05) is 19.5 Å². The second kappa shape index (κ2) is 15.5. The van der Waals surface area contributed by atoms with Crippen molar-refractivity contribution in [2.75, 3.05) is 17.4 Å². The Bertz CT molecular complexity index is 1650. The van der Waals surface area contributed by atoms with E-state index in [1.165, 1.54) is 29.2 Å². The van der Waals surface area contributed by atoms with E-state index in [1.54, 1.807) is 42.5 Å². The number of halogens is 1. The van der Waals surface area contributed by atoms with Crippen LogP contribution in [0.4, 0.5) is 10.1 Å². The van der Waals surface area contributed by atoms with Crippen LogP contribution in [-0.2, 0) is 39.0 Å². The first-order chi connectivity index (χ1) is 21.6. The van der Waals surface area contributed by atoms with Crippen LogP contribution < -0.4 is 9.62 Å². The predicted octanol–water partition coefficient (Wildman–Crippen LogP) is 6.00. The van der Waals surface area contributed by atoms with Gasteiger partial charge in [-0.25, -0.2) is 12.8 Å². The fourth-order valence-corrected chi connectivity index (χ4v) is 6.34. The number of hydrogen-bond acceptors (Lipinski definition) is 4. The van der Waals surface area contributed by atoms with Crippen molar-refractivity contribution in [1.29, 1.82) is 0 Å². The highest BCUT2D eigenvalue weighted by Crippen LogP contribution is 2.26. The van der Waals surface area contributed by atoms with Crippen molar-refractivity contribution < 1.29 is 22.4 Å². The fourth-order valence-electron chi connectivity index (χ4n) is 4.91. The van der Waals surface area contributed by atoms with Gasteiger partial charge in [0.2, 0.25) is 11.8 Å². The van der Waals surface area contributed by atoms with Gasteiger partial charge in [-0.2, -0.15) is 0 Å². The Kier molecular flexibility index (Phi) is 11.5. The van der Waals surface area contributed by atoms with Gasteiger partial charge in [-0.15, -0.1) is 0 Å². The lowest BCUT2D eigenvalue weighted by Gasteiger charge is -2.34. The topological polar surface area (TPSA) is 86.8 Å². The Labute approximate surface area is 265 Å². The van der Waals surface area contributed by atoms with E-state index < -0.39 is 34.3 Å². The van der Waals surface area contributed by atoms with Gasteiger partial charge in [-0.05, 0) is 65.4 Å². The number of sulfonamides is 1. The zero-order chi connectivity index (χ0) is 32.4. The van der Waals surface area contributed by atoms with E-state index >= 15 is 0 Å². The summed E-state index contributed by atoms with van der Waals surface area (Å²) in [6.45, 7) is 5.78. The van der Waals surface area contributed by atoms with Gasteiger partial charge in [0.25, 0.3) is 10.0 Å². The Balaban J connectivity index is 1.78. The average Bonchev–Trinajstić information content (AvgIpc) is 3.05. The van der Waals surface area contributed by atoms with Gasteiger partial charge in [0.15, 0.2) is 0 Å². The second-order valence-electron chi connectivity index (χ2n) is 11.3. The van der Waals surface area contributed by atoms with Crippen LogP contribution in [0.15, 0.2) is 114 Å². The predicted molar refractivity (Wildman–Crippen MR) is 176 cm³/mol. The molecule has 2 amide bonds. The third kappa shape index (κ3) is 9.01. The van der Waals surface area contributed by atoms with Crippen LogP contribution in [-0.4, -0.2) is 44.3 Å². The molecule has 0 aliphatic carbocycles. The summed E-state index contributed by atoms with van der Waals surface area (Å²) in [5.74, 6) is -1.18. The number of nitrogens with one attached hydrogen (secondary N) is 1. The van der Waals surface area contributed by atoms with Gasteiger partial charge >= 0.3 is 0 Å². The number of hydrogen-bond donors (Lipinski definition) is 1. The molecular formula is C36H40FN3O4S. The number of amides is 2. The molecule has 7 nitrogen and oxygen atoms in total. The Hall–Kier alpha value is -4.50. The first-order valence-electron chi connectivity index (χ1n) is 15.1. The van der Waals surface area contributed by atoms with E-state index in [1.807, 2.05) is 63.2 Å². The minimum Gasteiger partial charge on any atom is -0.354 e. The Morgan fingerprint density at radius 3 is 1.93 bits per heavy atom. The van der Waals surface area contributed by atoms with E-state index in [0.717, 1.165) is 21.9 Å².